The molecule has 1 N–H and O–H groups in total. The molecular formula is C13H18N2O2. The Morgan fingerprint density at radius 1 is 1.47 bits per heavy atom. The molecule has 1 aliphatic rings. The molecule has 0 saturated carbocycles. The molecule has 0 bridgehead atoms. The summed E-state index contributed by atoms with van der Waals surface area (Å²) in [6.45, 7) is 4.76. The minimum atomic E-state index is -0.785. The fraction of sp³-hybridized carbons (Fsp3) is 0.538. The molecule has 4 heteroatoms. The average Bonchev–Trinajstić information content (AvgIpc) is 2.39. The van der Waals surface area contributed by atoms with Crippen LogP contribution < -0.4 is 0 Å². The van der Waals surface area contributed by atoms with E-state index in [2.05, 4.69) is 16.8 Å². The number of piperidine rings is 1. The minimum absolute atomic E-state index is 0.646. The second-order valence-electron chi connectivity index (χ2n) is 4.54. The molecule has 1 aromatic heterocycles. The number of pyridine rings is 1. The molecule has 17 heavy (non-hydrogen) atoms. The van der Waals surface area contributed by atoms with Gasteiger partial charge in [-0.1, -0.05) is 13.0 Å². The molecule has 0 unspecified atom stereocenters. The van der Waals surface area contributed by atoms with Crippen LogP contribution in [0.4, 0.5) is 0 Å². The standard InChI is InChI=1S/C13H18N2O2/c1-2-15-9-6-13(7-10-15,12(16)17)11-5-3-4-8-14-11/h3-5,8H,2,6-7,9-10H2,1H3,(H,16,17). The Labute approximate surface area is 101 Å². The molecule has 1 fully saturated rings. The Kier molecular flexibility index (Phi) is 3.43. The fourth-order valence-corrected chi connectivity index (χ4v) is 2.48. The molecular weight excluding hydrogens is 216 g/mol. The van der Waals surface area contributed by atoms with E-state index in [1.165, 1.54) is 0 Å². The summed E-state index contributed by atoms with van der Waals surface area (Å²) in [5, 5.41) is 9.54. The first-order valence-corrected chi connectivity index (χ1v) is 6.06. The van der Waals surface area contributed by atoms with Crippen molar-refractivity contribution in [1.29, 1.82) is 0 Å². The van der Waals surface area contributed by atoms with Gasteiger partial charge in [0.1, 0.15) is 5.41 Å². The first-order valence-electron chi connectivity index (χ1n) is 6.06. The van der Waals surface area contributed by atoms with Crippen LogP contribution in [0.2, 0.25) is 0 Å². The second kappa shape index (κ2) is 4.84. The molecule has 0 aromatic carbocycles. The van der Waals surface area contributed by atoms with Crippen LogP contribution in [0.25, 0.3) is 0 Å². The smallest absolute Gasteiger partial charge is 0.315 e. The number of rotatable bonds is 3. The van der Waals surface area contributed by atoms with E-state index in [-0.39, 0.29) is 0 Å². The number of hydrogen-bond donors (Lipinski definition) is 1. The molecule has 2 rings (SSSR count). The average molecular weight is 234 g/mol. The molecule has 0 amide bonds. The predicted octanol–water partition coefficient (Wildman–Crippen LogP) is 1.52. The first-order chi connectivity index (χ1) is 8.19. The van der Waals surface area contributed by atoms with Gasteiger partial charge in [0, 0.05) is 6.20 Å². The summed E-state index contributed by atoms with van der Waals surface area (Å²) in [5.74, 6) is -0.744. The van der Waals surface area contributed by atoms with E-state index in [0.717, 1.165) is 19.6 Å². The van der Waals surface area contributed by atoms with Crippen LogP contribution in [0, 0.1) is 0 Å². The Bertz CT molecular complexity index is 384. The van der Waals surface area contributed by atoms with E-state index >= 15 is 0 Å². The van der Waals surface area contributed by atoms with E-state index in [1.54, 1.807) is 6.20 Å². The Balaban J connectivity index is 2.27. The number of carboxylic acids is 1. The van der Waals surface area contributed by atoms with Crippen LogP contribution in [0.5, 0.6) is 0 Å². The van der Waals surface area contributed by atoms with Crippen molar-refractivity contribution in [3.8, 4) is 0 Å². The highest BCUT2D eigenvalue weighted by molar-refractivity contribution is 5.80. The summed E-state index contributed by atoms with van der Waals surface area (Å²) in [6, 6.07) is 5.51. The summed E-state index contributed by atoms with van der Waals surface area (Å²) in [4.78, 5) is 18.1. The zero-order valence-electron chi connectivity index (χ0n) is 10.1. The van der Waals surface area contributed by atoms with Crippen molar-refractivity contribution in [2.75, 3.05) is 19.6 Å². The molecule has 0 aliphatic carbocycles. The van der Waals surface area contributed by atoms with Crippen LogP contribution in [0.15, 0.2) is 24.4 Å². The molecule has 0 spiro atoms. The lowest BCUT2D eigenvalue weighted by atomic mass is 9.75. The maximum absolute atomic E-state index is 11.6. The highest BCUT2D eigenvalue weighted by atomic mass is 16.4. The van der Waals surface area contributed by atoms with Gasteiger partial charge in [-0.05, 0) is 44.6 Å². The number of nitrogens with zero attached hydrogens (tertiary/aromatic N) is 2. The molecule has 2 heterocycles. The Morgan fingerprint density at radius 2 is 2.18 bits per heavy atom. The zero-order chi connectivity index (χ0) is 12.3. The molecule has 4 nitrogen and oxygen atoms in total. The summed E-state index contributed by atoms with van der Waals surface area (Å²) in [5.41, 5.74) is -0.0873. The van der Waals surface area contributed by atoms with Gasteiger partial charge < -0.3 is 10.0 Å². The molecule has 1 aliphatic heterocycles. The van der Waals surface area contributed by atoms with Gasteiger partial charge in [0.2, 0.25) is 0 Å². The third-order valence-corrected chi connectivity index (χ3v) is 3.72. The number of likely N-dealkylation sites (tertiary alicyclic amines) is 1. The summed E-state index contributed by atoms with van der Waals surface area (Å²) in [6.07, 6.45) is 2.96. The number of carbonyl (C=O) groups is 1. The summed E-state index contributed by atoms with van der Waals surface area (Å²) < 4.78 is 0. The number of aromatic nitrogens is 1. The number of hydrogen-bond acceptors (Lipinski definition) is 3. The van der Waals surface area contributed by atoms with Gasteiger partial charge in [0.05, 0.1) is 5.69 Å². The molecule has 92 valence electrons. The SMILES string of the molecule is CCN1CCC(C(=O)O)(c2ccccn2)CC1. The maximum atomic E-state index is 11.6. The Hall–Kier alpha value is -1.42. The first kappa shape index (κ1) is 12.0. The fourth-order valence-electron chi connectivity index (χ4n) is 2.48. The van der Waals surface area contributed by atoms with E-state index in [9.17, 15) is 9.90 Å². The van der Waals surface area contributed by atoms with Crippen molar-refractivity contribution >= 4 is 5.97 Å². The van der Waals surface area contributed by atoms with Gasteiger partial charge in [-0.25, -0.2) is 0 Å². The van der Waals surface area contributed by atoms with Gasteiger partial charge in [0.15, 0.2) is 0 Å². The topological polar surface area (TPSA) is 53.4 Å². The Morgan fingerprint density at radius 3 is 2.65 bits per heavy atom. The largest absolute Gasteiger partial charge is 0.481 e. The van der Waals surface area contributed by atoms with Crippen LogP contribution >= 0.6 is 0 Å². The van der Waals surface area contributed by atoms with Crippen LogP contribution in [-0.4, -0.2) is 40.6 Å². The lowest BCUT2D eigenvalue weighted by Gasteiger charge is -2.38. The third-order valence-electron chi connectivity index (χ3n) is 3.72. The van der Waals surface area contributed by atoms with Gasteiger partial charge in [-0.15, -0.1) is 0 Å². The second-order valence-corrected chi connectivity index (χ2v) is 4.54. The summed E-state index contributed by atoms with van der Waals surface area (Å²) >= 11 is 0. The normalized spacial score (nSPS) is 20.1. The van der Waals surface area contributed by atoms with E-state index in [4.69, 9.17) is 0 Å². The highest BCUT2D eigenvalue weighted by Crippen LogP contribution is 2.34. The monoisotopic (exact) mass is 234 g/mol. The van der Waals surface area contributed by atoms with Crippen molar-refractivity contribution in [3.63, 3.8) is 0 Å². The number of carboxylic acid groups (broad SMARTS) is 1. The minimum Gasteiger partial charge on any atom is -0.481 e. The van der Waals surface area contributed by atoms with E-state index in [1.807, 2.05) is 18.2 Å². The zero-order valence-corrected chi connectivity index (χ0v) is 10.1. The molecule has 1 saturated heterocycles. The highest BCUT2D eigenvalue weighted by Gasteiger charge is 2.43. The number of aliphatic carboxylic acids is 1. The lowest BCUT2D eigenvalue weighted by molar-refractivity contribution is -0.146. The van der Waals surface area contributed by atoms with Gasteiger partial charge in [-0.2, -0.15) is 0 Å². The molecule has 1 aromatic rings. The van der Waals surface area contributed by atoms with Crippen molar-refractivity contribution in [2.24, 2.45) is 0 Å². The van der Waals surface area contributed by atoms with Crippen LogP contribution in [0.3, 0.4) is 0 Å². The third kappa shape index (κ3) is 2.17. The van der Waals surface area contributed by atoms with Crippen molar-refractivity contribution in [3.05, 3.63) is 30.1 Å². The van der Waals surface area contributed by atoms with E-state index < -0.39 is 11.4 Å². The van der Waals surface area contributed by atoms with Gasteiger partial charge in [-0.3, -0.25) is 9.78 Å². The van der Waals surface area contributed by atoms with Crippen molar-refractivity contribution in [1.82, 2.24) is 9.88 Å². The van der Waals surface area contributed by atoms with Crippen molar-refractivity contribution in [2.45, 2.75) is 25.2 Å². The lowest BCUT2D eigenvalue weighted by Crippen LogP contribution is -2.47. The summed E-state index contributed by atoms with van der Waals surface area (Å²) in [7, 11) is 0. The molecule has 0 atom stereocenters. The molecule has 0 radical (unpaired) electrons. The maximum Gasteiger partial charge on any atom is 0.315 e. The van der Waals surface area contributed by atoms with E-state index in [0.29, 0.717) is 18.5 Å². The van der Waals surface area contributed by atoms with Crippen LogP contribution in [0.1, 0.15) is 25.5 Å². The van der Waals surface area contributed by atoms with Gasteiger partial charge >= 0.3 is 5.97 Å². The predicted molar refractivity (Wildman–Crippen MR) is 64.9 cm³/mol. The van der Waals surface area contributed by atoms with Crippen LogP contribution in [-0.2, 0) is 10.2 Å². The quantitative estimate of drug-likeness (QED) is 0.861. The van der Waals surface area contributed by atoms with Crippen molar-refractivity contribution < 1.29 is 9.90 Å². The van der Waals surface area contributed by atoms with Gasteiger partial charge in [0.25, 0.3) is 0 Å².